The van der Waals surface area contributed by atoms with Gasteiger partial charge in [-0.15, -0.1) is 0 Å². The van der Waals surface area contributed by atoms with Crippen LogP contribution >= 0.6 is 0 Å². The Morgan fingerprint density at radius 1 is 1.00 bits per heavy atom. The van der Waals surface area contributed by atoms with Gasteiger partial charge in [0, 0.05) is 11.6 Å². The Balaban J connectivity index is 1.69. The molecule has 4 aromatic rings. The molecule has 27 heavy (non-hydrogen) atoms. The molecule has 0 amide bonds. The molecule has 0 saturated carbocycles. The van der Waals surface area contributed by atoms with Crippen LogP contribution in [0.5, 0.6) is 17.2 Å². The second-order valence-corrected chi connectivity index (χ2v) is 5.48. The van der Waals surface area contributed by atoms with E-state index in [1.807, 2.05) is 6.07 Å². The van der Waals surface area contributed by atoms with Crippen molar-refractivity contribution in [1.82, 2.24) is 20.3 Å². The zero-order valence-corrected chi connectivity index (χ0v) is 14.8. The number of aromatic nitrogens is 4. The van der Waals surface area contributed by atoms with Gasteiger partial charge in [0.25, 0.3) is 5.89 Å². The number of nitrogens with zero attached hydrogens (tertiary/aromatic N) is 3. The molecule has 138 valence electrons. The van der Waals surface area contributed by atoms with Crippen LogP contribution in [-0.4, -0.2) is 41.7 Å². The van der Waals surface area contributed by atoms with Gasteiger partial charge < -0.3 is 23.2 Å². The van der Waals surface area contributed by atoms with E-state index in [0.29, 0.717) is 51.7 Å². The molecule has 3 heterocycles. The van der Waals surface area contributed by atoms with Crippen molar-refractivity contribution < 1.29 is 23.2 Å². The van der Waals surface area contributed by atoms with E-state index in [9.17, 15) is 0 Å². The quantitative estimate of drug-likeness (QED) is 0.551. The van der Waals surface area contributed by atoms with Crippen molar-refractivity contribution in [2.45, 2.75) is 0 Å². The van der Waals surface area contributed by atoms with Gasteiger partial charge in [0.2, 0.25) is 11.6 Å². The summed E-state index contributed by atoms with van der Waals surface area (Å²) in [7, 11) is 4.63. The summed E-state index contributed by atoms with van der Waals surface area (Å²) >= 11 is 0. The highest BCUT2D eigenvalue weighted by Crippen LogP contribution is 2.40. The second kappa shape index (κ2) is 6.87. The van der Waals surface area contributed by atoms with E-state index in [2.05, 4.69) is 20.3 Å². The van der Waals surface area contributed by atoms with Gasteiger partial charge in [-0.25, -0.2) is 0 Å². The first-order valence-corrected chi connectivity index (χ1v) is 7.97. The normalized spacial score (nSPS) is 10.8. The van der Waals surface area contributed by atoms with E-state index in [1.54, 1.807) is 51.9 Å². The van der Waals surface area contributed by atoms with Crippen LogP contribution in [0.4, 0.5) is 0 Å². The lowest BCUT2D eigenvalue weighted by Gasteiger charge is -2.12. The second-order valence-electron chi connectivity index (χ2n) is 5.48. The summed E-state index contributed by atoms with van der Waals surface area (Å²) in [5.41, 5.74) is 1.88. The minimum Gasteiger partial charge on any atom is -0.493 e. The molecule has 0 bridgehead atoms. The molecule has 0 fully saturated rings. The number of methoxy groups -OCH3 is 3. The van der Waals surface area contributed by atoms with E-state index in [-0.39, 0.29) is 0 Å². The van der Waals surface area contributed by atoms with Gasteiger partial charge in [0.15, 0.2) is 17.3 Å². The van der Waals surface area contributed by atoms with Gasteiger partial charge in [-0.3, -0.25) is 5.10 Å². The minimum absolute atomic E-state index is 0.295. The largest absolute Gasteiger partial charge is 0.493 e. The van der Waals surface area contributed by atoms with Crippen molar-refractivity contribution in [1.29, 1.82) is 0 Å². The first-order chi connectivity index (χ1) is 13.2. The smallest absolute Gasteiger partial charge is 0.276 e. The van der Waals surface area contributed by atoms with Gasteiger partial charge in [0.1, 0.15) is 11.4 Å². The summed E-state index contributed by atoms with van der Waals surface area (Å²) in [6.45, 7) is 0. The highest BCUT2D eigenvalue weighted by atomic mass is 16.5. The lowest BCUT2D eigenvalue weighted by molar-refractivity contribution is 0.324. The van der Waals surface area contributed by atoms with Gasteiger partial charge >= 0.3 is 0 Å². The lowest BCUT2D eigenvalue weighted by Crippen LogP contribution is -1.96. The average Bonchev–Trinajstić information content (AvgIpc) is 3.46. The number of furan rings is 1. The summed E-state index contributed by atoms with van der Waals surface area (Å²) in [5, 5.41) is 11.1. The number of ether oxygens (including phenoxy) is 3. The van der Waals surface area contributed by atoms with Crippen LogP contribution in [-0.2, 0) is 0 Å². The molecule has 3 aromatic heterocycles. The molecule has 0 radical (unpaired) electrons. The molecule has 4 rings (SSSR count). The number of nitrogens with one attached hydrogen (secondary N) is 1. The lowest BCUT2D eigenvalue weighted by atomic mass is 10.1. The Hall–Kier alpha value is -3.75. The number of aromatic amines is 1. The summed E-state index contributed by atoms with van der Waals surface area (Å²) in [4.78, 5) is 4.42. The summed E-state index contributed by atoms with van der Waals surface area (Å²) in [6, 6.07) is 8.87. The molecule has 9 nitrogen and oxygen atoms in total. The maximum absolute atomic E-state index is 5.36. The zero-order valence-electron chi connectivity index (χ0n) is 14.8. The number of rotatable bonds is 6. The summed E-state index contributed by atoms with van der Waals surface area (Å²) < 4.78 is 26.7. The molecule has 1 aromatic carbocycles. The SMILES string of the molecule is COc1cc(-c2noc(-c3cc(-c4ccco4)n[nH]3)n2)cc(OC)c1OC. The van der Waals surface area contributed by atoms with Gasteiger partial charge in [-0.2, -0.15) is 10.1 Å². The summed E-state index contributed by atoms with van der Waals surface area (Å²) in [6.07, 6.45) is 1.58. The fourth-order valence-electron chi connectivity index (χ4n) is 2.64. The highest BCUT2D eigenvalue weighted by Gasteiger charge is 2.19. The van der Waals surface area contributed by atoms with Crippen LogP contribution in [0.3, 0.4) is 0 Å². The van der Waals surface area contributed by atoms with Crippen LogP contribution in [0, 0.1) is 0 Å². The topological polar surface area (TPSA) is 108 Å². The molecule has 0 aliphatic carbocycles. The average molecular weight is 368 g/mol. The van der Waals surface area contributed by atoms with Gasteiger partial charge in [0.05, 0.1) is 27.6 Å². The van der Waals surface area contributed by atoms with Crippen molar-refractivity contribution in [2.75, 3.05) is 21.3 Å². The molecule has 0 unspecified atom stereocenters. The van der Waals surface area contributed by atoms with Crippen molar-refractivity contribution in [2.24, 2.45) is 0 Å². The van der Waals surface area contributed by atoms with E-state index in [4.69, 9.17) is 23.2 Å². The van der Waals surface area contributed by atoms with Crippen LogP contribution in [0.15, 0.2) is 45.5 Å². The molecule has 0 spiro atoms. The maximum atomic E-state index is 5.36. The molecule has 0 atom stereocenters. The fourth-order valence-corrected chi connectivity index (χ4v) is 2.64. The number of hydrogen-bond acceptors (Lipinski definition) is 8. The van der Waals surface area contributed by atoms with Crippen LogP contribution in [0.2, 0.25) is 0 Å². The minimum atomic E-state index is 0.295. The third-order valence-electron chi connectivity index (χ3n) is 3.93. The Kier molecular flexibility index (Phi) is 4.25. The first kappa shape index (κ1) is 16.7. The number of benzene rings is 1. The molecule has 0 saturated heterocycles. The molecule has 0 aliphatic heterocycles. The zero-order chi connectivity index (χ0) is 18.8. The predicted molar refractivity (Wildman–Crippen MR) is 94.7 cm³/mol. The van der Waals surface area contributed by atoms with Crippen molar-refractivity contribution >= 4 is 0 Å². The predicted octanol–water partition coefficient (Wildman–Crippen LogP) is 3.41. The van der Waals surface area contributed by atoms with E-state index in [0.717, 1.165) is 0 Å². The molecular formula is C18H16N4O5. The molecular weight excluding hydrogens is 352 g/mol. The van der Waals surface area contributed by atoms with E-state index < -0.39 is 0 Å². The van der Waals surface area contributed by atoms with Crippen LogP contribution in [0.25, 0.3) is 34.4 Å². The monoisotopic (exact) mass is 368 g/mol. The fraction of sp³-hybridized carbons (Fsp3) is 0.167. The molecule has 9 heteroatoms. The van der Waals surface area contributed by atoms with E-state index >= 15 is 0 Å². The van der Waals surface area contributed by atoms with Gasteiger partial charge in [-0.1, -0.05) is 5.16 Å². The highest BCUT2D eigenvalue weighted by molar-refractivity contribution is 5.68. The Morgan fingerprint density at radius 2 is 1.78 bits per heavy atom. The van der Waals surface area contributed by atoms with Crippen molar-refractivity contribution in [3.8, 4) is 51.7 Å². The third kappa shape index (κ3) is 2.99. The Labute approximate surface area is 153 Å². The third-order valence-corrected chi connectivity index (χ3v) is 3.93. The summed E-state index contributed by atoms with van der Waals surface area (Å²) in [5.74, 6) is 2.80. The van der Waals surface area contributed by atoms with Crippen LogP contribution in [0.1, 0.15) is 0 Å². The van der Waals surface area contributed by atoms with Crippen molar-refractivity contribution in [3.05, 3.63) is 36.6 Å². The van der Waals surface area contributed by atoms with Gasteiger partial charge in [-0.05, 0) is 24.3 Å². The molecule has 1 N–H and O–H groups in total. The Morgan fingerprint density at radius 3 is 2.41 bits per heavy atom. The number of hydrogen-bond donors (Lipinski definition) is 1. The standard InChI is InChI=1S/C18H16N4O5/c1-23-14-7-10(8-15(24-2)16(14)25-3)17-19-18(27-22-17)12-9-11(20-21-12)13-5-4-6-26-13/h4-9H,1-3H3,(H,20,21). The van der Waals surface area contributed by atoms with E-state index in [1.165, 1.54) is 0 Å². The van der Waals surface area contributed by atoms with Crippen LogP contribution < -0.4 is 14.2 Å². The first-order valence-electron chi connectivity index (χ1n) is 7.97. The number of H-pyrrole nitrogens is 1. The van der Waals surface area contributed by atoms with Crippen molar-refractivity contribution in [3.63, 3.8) is 0 Å². The maximum Gasteiger partial charge on any atom is 0.276 e. The molecule has 0 aliphatic rings. The Bertz CT molecular complexity index is 1030.